The van der Waals surface area contributed by atoms with Gasteiger partial charge in [0.15, 0.2) is 5.96 Å². The molecule has 1 fully saturated rings. The van der Waals surface area contributed by atoms with E-state index in [1.54, 1.807) is 41.5 Å². The number of imidazole rings is 1. The minimum atomic E-state index is -0.331. The zero-order valence-electron chi connectivity index (χ0n) is 15.9. The van der Waals surface area contributed by atoms with Gasteiger partial charge in [-0.2, -0.15) is 0 Å². The number of halogens is 2. The second-order valence-electron chi connectivity index (χ2n) is 6.88. The van der Waals surface area contributed by atoms with E-state index in [4.69, 9.17) is 5.73 Å². The smallest absolute Gasteiger partial charge is 0.191 e. The molecule has 0 spiro atoms. The van der Waals surface area contributed by atoms with Crippen LogP contribution in [0.3, 0.4) is 0 Å². The molecule has 1 aromatic heterocycles. The molecule has 4 rings (SSSR count). The quantitative estimate of drug-likeness (QED) is 0.544. The highest BCUT2D eigenvalue weighted by Gasteiger charge is 2.18. The van der Waals surface area contributed by atoms with Gasteiger partial charge in [-0.05, 0) is 42.0 Å². The molecule has 6 nitrogen and oxygen atoms in total. The van der Waals surface area contributed by atoms with Gasteiger partial charge >= 0.3 is 0 Å². The number of nitrogens with zero attached hydrogens (tertiary/aromatic N) is 5. The van der Waals surface area contributed by atoms with Crippen LogP contribution in [0.5, 0.6) is 0 Å². The Morgan fingerprint density at radius 1 is 1.03 bits per heavy atom. The Hall–Kier alpha value is -3.42. The Kier molecular flexibility index (Phi) is 5.41. The van der Waals surface area contributed by atoms with Crippen molar-refractivity contribution in [3.8, 4) is 5.69 Å². The summed E-state index contributed by atoms with van der Waals surface area (Å²) < 4.78 is 29.1. The lowest BCUT2D eigenvalue weighted by Crippen LogP contribution is -2.51. The summed E-state index contributed by atoms with van der Waals surface area (Å²) in [7, 11) is 0. The molecule has 0 atom stereocenters. The third-order valence-corrected chi connectivity index (χ3v) is 5.01. The predicted octanol–water partition coefficient (Wildman–Crippen LogP) is 2.79. The van der Waals surface area contributed by atoms with Crippen LogP contribution in [0.15, 0.2) is 66.2 Å². The number of hydrogen-bond acceptors (Lipinski definition) is 3. The van der Waals surface area contributed by atoms with Crippen molar-refractivity contribution in [2.45, 2.75) is 6.54 Å². The van der Waals surface area contributed by atoms with Crippen molar-refractivity contribution in [1.82, 2.24) is 14.5 Å². The second kappa shape index (κ2) is 8.30. The first-order chi connectivity index (χ1) is 14.1. The molecule has 1 aliphatic heterocycles. The van der Waals surface area contributed by atoms with Crippen molar-refractivity contribution in [3.63, 3.8) is 0 Å². The molecule has 1 saturated heterocycles. The maximum Gasteiger partial charge on any atom is 0.191 e. The van der Waals surface area contributed by atoms with E-state index in [9.17, 15) is 8.78 Å². The molecule has 0 radical (unpaired) electrons. The fraction of sp³-hybridized carbons (Fsp3) is 0.238. The van der Waals surface area contributed by atoms with Crippen molar-refractivity contribution in [2.24, 2.45) is 10.7 Å². The number of benzene rings is 2. The summed E-state index contributed by atoms with van der Waals surface area (Å²) in [6.45, 7) is 3.30. The minimum Gasteiger partial charge on any atom is -0.370 e. The maximum absolute atomic E-state index is 14.4. The number of piperazine rings is 1. The minimum absolute atomic E-state index is 0.238. The van der Waals surface area contributed by atoms with E-state index < -0.39 is 0 Å². The first-order valence-electron chi connectivity index (χ1n) is 9.42. The molecule has 0 unspecified atom stereocenters. The highest BCUT2D eigenvalue weighted by molar-refractivity contribution is 5.78. The van der Waals surface area contributed by atoms with Crippen molar-refractivity contribution in [2.75, 3.05) is 31.1 Å². The largest absolute Gasteiger partial charge is 0.370 e. The topological polar surface area (TPSA) is 62.7 Å². The van der Waals surface area contributed by atoms with Gasteiger partial charge in [0.05, 0.1) is 18.6 Å². The summed E-state index contributed by atoms with van der Waals surface area (Å²) in [6.07, 6.45) is 4.85. The molecule has 0 amide bonds. The highest BCUT2D eigenvalue weighted by Crippen LogP contribution is 2.18. The Balaban J connectivity index is 1.35. The summed E-state index contributed by atoms with van der Waals surface area (Å²) in [6, 6.07) is 11.5. The van der Waals surface area contributed by atoms with E-state index in [1.807, 2.05) is 11.0 Å². The van der Waals surface area contributed by atoms with Crippen LogP contribution >= 0.6 is 0 Å². The third-order valence-electron chi connectivity index (χ3n) is 5.01. The molecule has 2 aromatic carbocycles. The molecular formula is C21H22F2N6. The van der Waals surface area contributed by atoms with Gasteiger partial charge < -0.3 is 20.1 Å². The van der Waals surface area contributed by atoms with Crippen LogP contribution in [0.4, 0.5) is 14.5 Å². The first-order valence-corrected chi connectivity index (χ1v) is 9.42. The molecule has 8 heteroatoms. The molecule has 3 aromatic rings. The monoisotopic (exact) mass is 396 g/mol. The Morgan fingerprint density at radius 3 is 2.45 bits per heavy atom. The van der Waals surface area contributed by atoms with Gasteiger partial charge in [0.25, 0.3) is 0 Å². The van der Waals surface area contributed by atoms with Crippen molar-refractivity contribution in [3.05, 3.63) is 78.4 Å². The van der Waals surface area contributed by atoms with Crippen molar-refractivity contribution in [1.29, 1.82) is 0 Å². The van der Waals surface area contributed by atoms with Crippen LogP contribution in [0.25, 0.3) is 5.69 Å². The van der Waals surface area contributed by atoms with Gasteiger partial charge in [0.2, 0.25) is 0 Å². The molecule has 0 aliphatic carbocycles. The van der Waals surface area contributed by atoms with Gasteiger partial charge in [-0.1, -0.05) is 6.07 Å². The average molecular weight is 396 g/mol. The van der Waals surface area contributed by atoms with E-state index in [0.29, 0.717) is 18.2 Å². The van der Waals surface area contributed by atoms with Gasteiger partial charge in [-0.15, -0.1) is 0 Å². The first kappa shape index (κ1) is 18.9. The van der Waals surface area contributed by atoms with Crippen LogP contribution in [-0.4, -0.2) is 46.6 Å². The van der Waals surface area contributed by atoms with Gasteiger partial charge in [0.1, 0.15) is 11.6 Å². The summed E-state index contributed by atoms with van der Waals surface area (Å²) >= 11 is 0. The van der Waals surface area contributed by atoms with E-state index in [2.05, 4.69) is 14.9 Å². The van der Waals surface area contributed by atoms with Gasteiger partial charge in [0, 0.05) is 44.3 Å². The molecule has 29 heavy (non-hydrogen) atoms. The normalized spacial score (nSPS) is 15.0. The number of anilines is 1. The summed E-state index contributed by atoms with van der Waals surface area (Å²) in [5.41, 5.74) is 8.34. The molecular weight excluding hydrogens is 374 g/mol. The molecule has 150 valence electrons. The fourth-order valence-electron chi connectivity index (χ4n) is 3.38. The molecule has 0 saturated carbocycles. The summed E-state index contributed by atoms with van der Waals surface area (Å²) in [5, 5.41) is 0. The lowest BCUT2D eigenvalue weighted by molar-refractivity contribution is 0.380. The lowest BCUT2D eigenvalue weighted by atomic mass is 10.2. The van der Waals surface area contributed by atoms with Crippen LogP contribution in [0.2, 0.25) is 0 Å². The van der Waals surface area contributed by atoms with Crippen LogP contribution in [-0.2, 0) is 6.54 Å². The average Bonchev–Trinajstić information content (AvgIpc) is 3.27. The molecule has 1 aliphatic rings. The van der Waals surface area contributed by atoms with Crippen LogP contribution in [0, 0.1) is 11.6 Å². The SMILES string of the molecule is NC(=NCc1ccc(-n2ccnc2)c(F)c1)N1CCN(c2ccc(F)cc2)CC1. The zero-order valence-corrected chi connectivity index (χ0v) is 15.9. The highest BCUT2D eigenvalue weighted by atomic mass is 19.1. The van der Waals surface area contributed by atoms with E-state index in [0.717, 1.165) is 37.4 Å². The number of guanidine groups is 1. The van der Waals surface area contributed by atoms with Crippen molar-refractivity contribution >= 4 is 11.6 Å². The Bertz CT molecular complexity index is 977. The number of rotatable bonds is 4. The van der Waals surface area contributed by atoms with E-state index >= 15 is 0 Å². The van der Waals surface area contributed by atoms with Crippen LogP contribution < -0.4 is 10.6 Å². The number of nitrogens with two attached hydrogens (primary N) is 1. The molecule has 2 heterocycles. The van der Waals surface area contributed by atoms with E-state index in [1.165, 1.54) is 18.2 Å². The third kappa shape index (κ3) is 4.37. The maximum atomic E-state index is 14.4. The molecule has 2 N–H and O–H groups in total. The molecule has 0 bridgehead atoms. The Labute approximate surface area is 167 Å². The number of aliphatic imine (C=N–C) groups is 1. The van der Waals surface area contributed by atoms with Gasteiger partial charge in [-0.25, -0.2) is 18.8 Å². The lowest BCUT2D eigenvalue weighted by Gasteiger charge is -2.36. The number of hydrogen-bond donors (Lipinski definition) is 1. The van der Waals surface area contributed by atoms with Crippen LogP contribution in [0.1, 0.15) is 5.56 Å². The zero-order chi connectivity index (χ0) is 20.2. The predicted molar refractivity (Wildman–Crippen MR) is 109 cm³/mol. The fourth-order valence-corrected chi connectivity index (χ4v) is 3.38. The number of aromatic nitrogens is 2. The van der Waals surface area contributed by atoms with Crippen molar-refractivity contribution < 1.29 is 8.78 Å². The van der Waals surface area contributed by atoms with Gasteiger partial charge in [-0.3, -0.25) is 0 Å². The standard InChI is InChI=1S/C21H22F2N6/c22-17-2-4-18(5-3-17)27-9-11-28(12-10-27)21(24)26-14-16-1-6-20(19(23)13-16)29-8-7-25-15-29/h1-8,13,15H,9-12,14H2,(H2,24,26). The Morgan fingerprint density at radius 2 is 1.79 bits per heavy atom. The summed E-state index contributed by atoms with van der Waals surface area (Å²) in [5.74, 6) is -0.122. The summed E-state index contributed by atoms with van der Waals surface area (Å²) in [4.78, 5) is 12.6. The second-order valence-corrected chi connectivity index (χ2v) is 6.88. The van der Waals surface area contributed by atoms with E-state index in [-0.39, 0.29) is 11.6 Å².